The Bertz CT molecular complexity index is 541. The van der Waals surface area contributed by atoms with Crippen molar-refractivity contribution in [3.05, 3.63) is 60.2 Å². The number of hydrogen-bond donors (Lipinski definition) is 0. The Kier molecular flexibility index (Phi) is 3.29. The summed E-state index contributed by atoms with van der Waals surface area (Å²) in [5, 5.41) is 0. The number of rotatable bonds is 3. The van der Waals surface area contributed by atoms with Crippen molar-refractivity contribution in [3.8, 4) is 16.9 Å². The summed E-state index contributed by atoms with van der Waals surface area (Å²) in [5.74, 6) is 0.890. The van der Waals surface area contributed by atoms with E-state index in [2.05, 4.69) is 43.8 Å². The van der Waals surface area contributed by atoms with E-state index in [0.29, 0.717) is 0 Å². The van der Waals surface area contributed by atoms with Gasteiger partial charge in [-0.25, -0.2) is 0 Å². The molecule has 0 unspecified atom stereocenters. The van der Waals surface area contributed by atoms with Crippen LogP contribution in [0.15, 0.2) is 49.0 Å². The highest BCUT2D eigenvalue weighted by Gasteiger charge is 2.06. The van der Waals surface area contributed by atoms with Crippen molar-refractivity contribution in [1.82, 2.24) is 0 Å². The third-order valence-corrected chi connectivity index (χ3v) is 2.79. The Labute approximate surface area is 102 Å². The number of hydrogen-bond acceptors (Lipinski definition) is 1. The average Bonchev–Trinajstić information content (AvgIpc) is 2.38. The van der Waals surface area contributed by atoms with Gasteiger partial charge in [0.05, 0.1) is 7.11 Å². The summed E-state index contributed by atoms with van der Waals surface area (Å²) < 4.78 is 5.40. The van der Waals surface area contributed by atoms with Crippen LogP contribution in [0.5, 0.6) is 5.75 Å². The monoisotopic (exact) mass is 224 g/mol. The van der Waals surface area contributed by atoms with Gasteiger partial charge in [-0.3, -0.25) is 0 Å². The molecule has 0 amide bonds. The van der Waals surface area contributed by atoms with E-state index in [1.54, 1.807) is 7.11 Å². The lowest BCUT2D eigenvalue weighted by molar-refractivity contribution is 0.416. The molecule has 2 aromatic carbocycles. The van der Waals surface area contributed by atoms with Gasteiger partial charge in [0, 0.05) is 5.56 Å². The lowest BCUT2D eigenvalue weighted by Gasteiger charge is -2.10. The summed E-state index contributed by atoms with van der Waals surface area (Å²) in [6.07, 6.45) is 1.85. The minimum absolute atomic E-state index is 0.890. The van der Waals surface area contributed by atoms with E-state index in [4.69, 9.17) is 4.74 Å². The summed E-state index contributed by atoms with van der Waals surface area (Å²) in [5.41, 5.74) is 4.62. The largest absolute Gasteiger partial charge is 0.496 e. The Hall–Kier alpha value is -2.02. The third kappa shape index (κ3) is 2.39. The van der Waals surface area contributed by atoms with E-state index in [9.17, 15) is 0 Å². The highest BCUT2D eigenvalue weighted by molar-refractivity contribution is 5.73. The predicted octanol–water partition coefficient (Wildman–Crippen LogP) is 4.31. The van der Waals surface area contributed by atoms with Crippen molar-refractivity contribution >= 4 is 6.08 Å². The molecule has 0 atom stereocenters. The van der Waals surface area contributed by atoms with Crippen molar-refractivity contribution in [3.63, 3.8) is 0 Å². The maximum Gasteiger partial charge on any atom is 0.126 e. The Balaban J connectivity index is 2.59. The molecule has 17 heavy (non-hydrogen) atoms. The second-order valence-corrected chi connectivity index (χ2v) is 4.03. The fourth-order valence-electron chi connectivity index (χ4n) is 1.89. The van der Waals surface area contributed by atoms with Gasteiger partial charge in [0.2, 0.25) is 0 Å². The molecule has 2 aromatic rings. The van der Waals surface area contributed by atoms with Gasteiger partial charge in [0.25, 0.3) is 0 Å². The predicted molar refractivity (Wildman–Crippen MR) is 73.3 cm³/mol. The van der Waals surface area contributed by atoms with E-state index >= 15 is 0 Å². The van der Waals surface area contributed by atoms with Crippen molar-refractivity contribution in [2.75, 3.05) is 7.11 Å². The highest BCUT2D eigenvalue weighted by atomic mass is 16.5. The van der Waals surface area contributed by atoms with Gasteiger partial charge in [0.15, 0.2) is 0 Å². The van der Waals surface area contributed by atoms with E-state index < -0.39 is 0 Å². The third-order valence-electron chi connectivity index (χ3n) is 2.79. The Morgan fingerprint density at radius 2 is 1.94 bits per heavy atom. The number of methoxy groups -OCH3 is 1. The molecule has 0 spiro atoms. The van der Waals surface area contributed by atoms with Gasteiger partial charge >= 0.3 is 0 Å². The molecule has 0 saturated carbocycles. The molecule has 0 fully saturated rings. The van der Waals surface area contributed by atoms with Crippen LogP contribution in [0.1, 0.15) is 11.1 Å². The molecule has 0 heterocycles. The lowest BCUT2D eigenvalue weighted by atomic mass is 10.0. The molecule has 2 rings (SSSR count). The van der Waals surface area contributed by atoms with Crippen LogP contribution < -0.4 is 4.74 Å². The SMILES string of the molecule is C=Cc1ccc(OC)c(-c2cccc(C)c2)c1. The van der Waals surface area contributed by atoms with Crippen molar-refractivity contribution in [1.29, 1.82) is 0 Å². The van der Waals surface area contributed by atoms with Crippen molar-refractivity contribution in [2.45, 2.75) is 6.92 Å². The summed E-state index contributed by atoms with van der Waals surface area (Å²) in [4.78, 5) is 0. The van der Waals surface area contributed by atoms with E-state index in [0.717, 1.165) is 16.9 Å². The van der Waals surface area contributed by atoms with Gasteiger partial charge in [-0.1, -0.05) is 48.6 Å². The molecular formula is C16H16O. The molecule has 0 bridgehead atoms. The first-order valence-corrected chi connectivity index (χ1v) is 5.62. The summed E-state index contributed by atoms with van der Waals surface area (Å²) >= 11 is 0. The minimum atomic E-state index is 0.890. The normalized spacial score (nSPS) is 10.0. The quantitative estimate of drug-likeness (QED) is 0.754. The molecule has 0 aliphatic heterocycles. The fraction of sp³-hybridized carbons (Fsp3) is 0.125. The molecular weight excluding hydrogens is 208 g/mol. The van der Waals surface area contributed by atoms with Gasteiger partial charge in [-0.2, -0.15) is 0 Å². The zero-order valence-corrected chi connectivity index (χ0v) is 10.2. The summed E-state index contributed by atoms with van der Waals surface area (Å²) in [6, 6.07) is 14.5. The first-order valence-electron chi connectivity index (χ1n) is 5.62. The molecule has 0 radical (unpaired) electrons. The fourth-order valence-corrected chi connectivity index (χ4v) is 1.89. The van der Waals surface area contributed by atoms with E-state index in [-0.39, 0.29) is 0 Å². The second-order valence-electron chi connectivity index (χ2n) is 4.03. The maximum absolute atomic E-state index is 5.40. The van der Waals surface area contributed by atoms with Crippen molar-refractivity contribution < 1.29 is 4.74 Å². The molecule has 86 valence electrons. The van der Waals surface area contributed by atoms with Crippen LogP contribution in [0.3, 0.4) is 0 Å². The number of ether oxygens (including phenoxy) is 1. The lowest BCUT2D eigenvalue weighted by Crippen LogP contribution is -1.89. The number of aryl methyl sites for hydroxylation is 1. The summed E-state index contributed by atoms with van der Waals surface area (Å²) in [7, 11) is 1.70. The Morgan fingerprint density at radius 3 is 2.59 bits per heavy atom. The molecule has 0 aliphatic carbocycles. The zero-order valence-electron chi connectivity index (χ0n) is 10.2. The molecule has 0 aliphatic rings. The van der Waals surface area contributed by atoms with Crippen LogP contribution in [0.25, 0.3) is 17.2 Å². The molecule has 1 nitrogen and oxygen atoms in total. The maximum atomic E-state index is 5.40. The first-order chi connectivity index (χ1) is 8.24. The molecule has 0 saturated heterocycles. The second kappa shape index (κ2) is 4.88. The smallest absolute Gasteiger partial charge is 0.126 e. The zero-order chi connectivity index (χ0) is 12.3. The van der Waals surface area contributed by atoms with Gasteiger partial charge in [-0.05, 0) is 30.2 Å². The topological polar surface area (TPSA) is 9.23 Å². The molecule has 0 aromatic heterocycles. The van der Waals surface area contributed by atoms with Crippen LogP contribution in [-0.2, 0) is 0 Å². The van der Waals surface area contributed by atoms with Gasteiger partial charge in [0.1, 0.15) is 5.75 Å². The van der Waals surface area contributed by atoms with Crippen molar-refractivity contribution in [2.24, 2.45) is 0 Å². The van der Waals surface area contributed by atoms with E-state index in [1.165, 1.54) is 11.1 Å². The van der Waals surface area contributed by atoms with Gasteiger partial charge in [-0.15, -0.1) is 0 Å². The average molecular weight is 224 g/mol. The summed E-state index contributed by atoms with van der Waals surface area (Å²) in [6.45, 7) is 5.89. The standard InChI is InChI=1S/C16H16O/c1-4-13-8-9-16(17-3)15(11-13)14-7-5-6-12(2)10-14/h4-11H,1H2,2-3H3. The van der Waals surface area contributed by atoms with Crippen LogP contribution in [-0.4, -0.2) is 7.11 Å². The highest BCUT2D eigenvalue weighted by Crippen LogP contribution is 2.31. The van der Waals surface area contributed by atoms with Crippen LogP contribution in [0, 0.1) is 6.92 Å². The van der Waals surface area contributed by atoms with Gasteiger partial charge < -0.3 is 4.74 Å². The first kappa shape index (κ1) is 11.5. The van der Waals surface area contributed by atoms with E-state index in [1.807, 2.05) is 18.2 Å². The van der Waals surface area contributed by atoms with Crippen LogP contribution in [0.4, 0.5) is 0 Å². The minimum Gasteiger partial charge on any atom is -0.496 e. The number of benzene rings is 2. The molecule has 1 heteroatoms. The Morgan fingerprint density at radius 1 is 1.12 bits per heavy atom. The molecule has 0 N–H and O–H groups in total. The van der Waals surface area contributed by atoms with Crippen LogP contribution >= 0.6 is 0 Å². The van der Waals surface area contributed by atoms with Crippen LogP contribution in [0.2, 0.25) is 0 Å².